The van der Waals surface area contributed by atoms with Crippen molar-refractivity contribution in [2.75, 3.05) is 7.05 Å². The van der Waals surface area contributed by atoms with Crippen LogP contribution >= 0.6 is 15.9 Å². The minimum Gasteiger partial charge on any atom is -0.311 e. The molecule has 0 radical (unpaired) electrons. The summed E-state index contributed by atoms with van der Waals surface area (Å²) < 4.78 is 3.16. The van der Waals surface area contributed by atoms with E-state index < -0.39 is 0 Å². The molecule has 1 N–H and O–H groups in total. The van der Waals surface area contributed by atoms with E-state index in [1.807, 2.05) is 19.3 Å². The zero-order chi connectivity index (χ0) is 14.7. The average Bonchev–Trinajstić information content (AvgIpc) is 3.17. The number of rotatable bonds is 5. The van der Waals surface area contributed by atoms with Crippen LogP contribution in [0.5, 0.6) is 0 Å². The van der Waals surface area contributed by atoms with Crippen LogP contribution in [0.3, 0.4) is 0 Å². The highest BCUT2D eigenvalue weighted by atomic mass is 79.9. The average molecular weight is 349 g/mol. The Morgan fingerprint density at radius 1 is 1.33 bits per heavy atom. The third-order valence-corrected chi connectivity index (χ3v) is 4.70. The normalized spacial score (nSPS) is 17.2. The maximum Gasteiger partial charge on any atom is 0.0644 e. The Hall–Kier alpha value is -1.20. The zero-order valence-corrected chi connectivity index (χ0v) is 13.9. The molecule has 1 atom stereocenters. The molecule has 2 aromatic rings. The second kappa shape index (κ2) is 6.71. The molecule has 0 aromatic carbocycles. The lowest BCUT2D eigenvalue weighted by Gasteiger charge is -2.14. The number of hydrogen-bond acceptors (Lipinski definition) is 3. The van der Waals surface area contributed by atoms with Crippen LogP contribution in [-0.4, -0.2) is 21.8 Å². The molecule has 0 bridgehead atoms. The molecule has 112 valence electrons. The van der Waals surface area contributed by atoms with Crippen molar-refractivity contribution in [3.63, 3.8) is 0 Å². The molecule has 0 spiro atoms. The van der Waals surface area contributed by atoms with Crippen LogP contribution < -0.4 is 5.32 Å². The maximum absolute atomic E-state index is 4.76. The lowest BCUT2D eigenvalue weighted by molar-refractivity contribution is 0.458. The summed E-state index contributed by atoms with van der Waals surface area (Å²) in [5.74, 6) is 0. The van der Waals surface area contributed by atoms with Crippen molar-refractivity contribution in [2.45, 2.75) is 44.2 Å². The fourth-order valence-electron chi connectivity index (χ4n) is 3.02. The molecule has 0 amide bonds. The summed E-state index contributed by atoms with van der Waals surface area (Å²) in [5.41, 5.74) is 2.18. The number of hydrogen-bond donors (Lipinski definition) is 1. The van der Waals surface area contributed by atoms with Crippen LogP contribution in [0.15, 0.2) is 35.1 Å². The van der Waals surface area contributed by atoms with Crippen molar-refractivity contribution in [1.29, 1.82) is 0 Å². The van der Waals surface area contributed by atoms with E-state index in [1.165, 1.54) is 25.7 Å². The molecule has 1 unspecified atom stereocenters. The molecular formula is C16H21BrN4. The van der Waals surface area contributed by atoms with Crippen LogP contribution in [-0.2, 0) is 6.42 Å². The van der Waals surface area contributed by atoms with E-state index in [9.17, 15) is 0 Å². The second-order valence-electron chi connectivity index (χ2n) is 5.67. The molecule has 1 saturated carbocycles. The van der Waals surface area contributed by atoms with Crippen molar-refractivity contribution in [3.8, 4) is 0 Å². The molecule has 2 aromatic heterocycles. The number of nitrogens with zero attached hydrogens (tertiary/aromatic N) is 3. The topological polar surface area (TPSA) is 42.7 Å². The summed E-state index contributed by atoms with van der Waals surface area (Å²) in [7, 11) is 1.97. The van der Waals surface area contributed by atoms with Crippen LogP contribution in [0.4, 0.5) is 0 Å². The van der Waals surface area contributed by atoms with E-state index in [4.69, 9.17) is 5.10 Å². The van der Waals surface area contributed by atoms with Gasteiger partial charge in [-0.25, -0.2) is 0 Å². The van der Waals surface area contributed by atoms with Gasteiger partial charge in [-0.1, -0.05) is 12.8 Å². The fourth-order valence-corrected chi connectivity index (χ4v) is 3.25. The molecule has 1 aliphatic rings. The SMILES string of the molecule is CNC(Cc1ccn(C2CCCC2)n1)c1ccc(Br)cn1. The summed E-state index contributed by atoms with van der Waals surface area (Å²) in [4.78, 5) is 4.49. The summed E-state index contributed by atoms with van der Waals surface area (Å²) in [5, 5.41) is 8.10. The van der Waals surface area contributed by atoms with Crippen LogP contribution in [0, 0.1) is 0 Å². The van der Waals surface area contributed by atoms with E-state index in [-0.39, 0.29) is 6.04 Å². The Labute approximate surface area is 134 Å². The molecule has 4 nitrogen and oxygen atoms in total. The molecule has 3 rings (SSSR count). The van der Waals surface area contributed by atoms with E-state index >= 15 is 0 Å². The number of pyridine rings is 1. The lowest BCUT2D eigenvalue weighted by atomic mass is 10.1. The van der Waals surface area contributed by atoms with Gasteiger partial charge in [0.05, 0.1) is 23.5 Å². The van der Waals surface area contributed by atoms with Gasteiger partial charge in [-0.15, -0.1) is 0 Å². The van der Waals surface area contributed by atoms with Gasteiger partial charge in [0.2, 0.25) is 0 Å². The van der Waals surface area contributed by atoms with Crippen molar-refractivity contribution in [2.24, 2.45) is 0 Å². The Morgan fingerprint density at radius 3 is 2.81 bits per heavy atom. The minimum absolute atomic E-state index is 0.199. The van der Waals surface area contributed by atoms with E-state index in [2.05, 4.69) is 49.2 Å². The molecule has 1 aliphatic carbocycles. The van der Waals surface area contributed by atoms with Gasteiger partial charge >= 0.3 is 0 Å². The highest BCUT2D eigenvalue weighted by Crippen LogP contribution is 2.29. The van der Waals surface area contributed by atoms with Crippen molar-refractivity contribution in [1.82, 2.24) is 20.1 Å². The molecule has 21 heavy (non-hydrogen) atoms. The minimum atomic E-state index is 0.199. The van der Waals surface area contributed by atoms with E-state index in [1.54, 1.807) is 0 Å². The summed E-state index contributed by atoms with van der Waals surface area (Å²) in [6.45, 7) is 0. The van der Waals surface area contributed by atoms with Gasteiger partial charge in [-0.3, -0.25) is 9.67 Å². The first-order valence-corrected chi connectivity index (χ1v) is 8.38. The first-order chi connectivity index (χ1) is 10.3. The van der Waals surface area contributed by atoms with Gasteiger partial charge in [-0.2, -0.15) is 5.10 Å². The van der Waals surface area contributed by atoms with E-state index in [0.29, 0.717) is 6.04 Å². The lowest BCUT2D eigenvalue weighted by Crippen LogP contribution is -2.20. The third-order valence-electron chi connectivity index (χ3n) is 4.23. The Bertz CT molecular complexity index is 572. The highest BCUT2D eigenvalue weighted by Gasteiger charge is 2.19. The summed E-state index contributed by atoms with van der Waals surface area (Å²) in [6, 6.07) is 7.03. The smallest absolute Gasteiger partial charge is 0.0644 e. The third kappa shape index (κ3) is 3.52. The standard InChI is InChI=1S/C16H21BrN4/c1-18-16(15-7-6-12(17)11-19-15)10-13-8-9-21(20-13)14-4-2-3-5-14/h6-9,11,14,16,18H,2-5,10H2,1H3. The molecule has 0 saturated heterocycles. The second-order valence-corrected chi connectivity index (χ2v) is 6.59. The molecular weight excluding hydrogens is 328 g/mol. The molecule has 5 heteroatoms. The van der Waals surface area contributed by atoms with Gasteiger partial charge in [0, 0.05) is 23.3 Å². The number of nitrogens with one attached hydrogen (secondary N) is 1. The first-order valence-electron chi connectivity index (χ1n) is 7.59. The van der Waals surface area contributed by atoms with Crippen molar-refractivity contribution < 1.29 is 0 Å². The summed E-state index contributed by atoms with van der Waals surface area (Å²) in [6.07, 6.45) is 10.0. The van der Waals surface area contributed by atoms with Crippen molar-refractivity contribution >= 4 is 15.9 Å². The number of aromatic nitrogens is 3. The van der Waals surface area contributed by atoms with Crippen LogP contribution in [0.2, 0.25) is 0 Å². The Kier molecular flexibility index (Phi) is 4.70. The summed E-state index contributed by atoms with van der Waals surface area (Å²) >= 11 is 3.43. The quantitative estimate of drug-likeness (QED) is 0.896. The first kappa shape index (κ1) is 14.7. The monoisotopic (exact) mass is 348 g/mol. The Balaban J connectivity index is 1.70. The van der Waals surface area contributed by atoms with Gasteiger partial charge in [0.15, 0.2) is 0 Å². The highest BCUT2D eigenvalue weighted by molar-refractivity contribution is 9.10. The predicted molar refractivity (Wildman–Crippen MR) is 87.2 cm³/mol. The number of likely N-dealkylation sites (N-methyl/N-ethyl adjacent to an activating group) is 1. The van der Waals surface area contributed by atoms with Crippen LogP contribution in [0.25, 0.3) is 0 Å². The fraction of sp³-hybridized carbons (Fsp3) is 0.500. The molecule has 2 heterocycles. The maximum atomic E-state index is 4.76. The van der Waals surface area contributed by atoms with Crippen LogP contribution in [0.1, 0.15) is 49.2 Å². The molecule has 1 fully saturated rings. The molecule has 0 aliphatic heterocycles. The van der Waals surface area contributed by atoms with Gasteiger partial charge < -0.3 is 5.32 Å². The van der Waals surface area contributed by atoms with Gasteiger partial charge in [-0.05, 0) is 54.0 Å². The Morgan fingerprint density at radius 2 is 2.14 bits per heavy atom. The zero-order valence-electron chi connectivity index (χ0n) is 12.3. The van der Waals surface area contributed by atoms with E-state index in [0.717, 1.165) is 22.3 Å². The van der Waals surface area contributed by atoms with Crippen molar-refractivity contribution in [3.05, 3.63) is 46.5 Å². The predicted octanol–water partition coefficient (Wildman–Crippen LogP) is 3.66. The van der Waals surface area contributed by atoms with Gasteiger partial charge in [0.25, 0.3) is 0 Å². The number of halogens is 1. The largest absolute Gasteiger partial charge is 0.311 e. The van der Waals surface area contributed by atoms with Gasteiger partial charge in [0.1, 0.15) is 0 Å².